The zero-order valence-corrected chi connectivity index (χ0v) is 13.7. The summed E-state index contributed by atoms with van der Waals surface area (Å²) < 4.78 is 10.4. The van der Waals surface area contributed by atoms with Crippen LogP contribution in [0.4, 0.5) is 5.69 Å². The Morgan fingerprint density at radius 3 is 2.68 bits per heavy atom. The maximum absolute atomic E-state index is 12.2. The number of anilines is 1. The van der Waals surface area contributed by atoms with Crippen molar-refractivity contribution in [2.24, 2.45) is 0 Å². The summed E-state index contributed by atoms with van der Waals surface area (Å²) in [6.45, 7) is -0.0849. The van der Waals surface area contributed by atoms with E-state index in [0.29, 0.717) is 23.0 Å². The highest BCUT2D eigenvalue weighted by molar-refractivity contribution is 5.92. The Labute approximate surface area is 143 Å². The molecule has 0 aliphatic heterocycles. The van der Waals surface area contributed by atoms with Crippen LogP contribution < -0.4 is 14.8 Å². The number of benzene rings is 1. The molecule has 3 aromatic rings. The minimum absolute atomic E-state index is 0.0849. The van der Waals surface area contributed by atoms with Crippen LogP contribution in [-0.4, -0.2) is 45.3 Å². The summed E-state index contributed by atoms with van der Waals surface area (Å²) in [6, 6.07) is 8.66. The van der Waals surface area contributed by atoms with Crippen molar-refractivity contribution in [3.63, 3.8) is 0 Å². The number of aromatic nitrogens is 5. The minimum atomic E-state index is -0.315. The van der Waals surface area contributed by atoms with Crippen LogP contribution in [0.25, 0.3) is 11.4 Å². The highest BCUT2D eigenvalue weighted by Gasteiger charge is 2.12. The fraction of sp³-hybridized carbons (Fsp3) is 0.188. The van der Waals surface area contributed by atoms with Gasteiger partial charge in [-0.1, -0.05) is 0 Å². The monoisotopic (exact) mass is 340 g/mol. The van der Waals surface area contributed by atoms with Gasteiger partial charge < -0.3 is 14.8 Å². The van der Waals surface area contributed by atoms with Gasteiger partial charge in [-0.25, -0.2) is 0 Å². The van der Waals surface area contributed by atoms with Crippen molar-refractivity contribution in [2.75, 3.05) is 19.5 Å². The van der Waals surface area contributed by atoms with E-state index in [1.807, 2.05) is 0 Å². The Morgan fingerprint density at radius 1 is 1.16 bits per heavy atom. The molecule has 0 aliphatic rings. The molecule has 0 radical (unpaired) electrons. The van der Waals surface area contributed by atoms with Crippen LogP contribution in [0.3, 0.4) is 0 Å². The fourth-order valence-corrected chi connectivity index (χ4v) is 2.16. The first-order valence-corrected chi connectivity index (χ1v) is 7.39. The van der Waals surface area contributed by atoms with Crippen LogP contribution in [0.5, 0.6) is 11.5 Å². The maximum Gasteiger partial charge on any atom is 0.248 e. The highest BCUT2D eigenvalue weighted by Crippen LogP contribution is 2.28. The second-order valence-corrected chi connectivity index (χ2v) is 4.99. The Bertz CT molecular complexity index is 865. The zero-order chi connectivity index (χ0) is 17.6. The predicted molar refractivity (Wildman–Crippen MR) is 89.2 cm³/mol. The van der Waals surface area contributed by atoms with Crippen LogP contribution in [0, 0.1) is 0 Å². The average molecular weight is 340 g/mol. The maximum atomic E-state index is 12.2. The number of hydrogen-bond acceptors (Lipinski definition) is 7. The Balaban J connectivity index is 1.70. The lowest BCUT2D eigenvalue weighted by Crippen LogP contribution is -2.20. The molecule has 0 atom stereocenters. The van der Waals surface area contributed by atoms with Gasteiger partial charge in [-0.2, -0.15) is 4.80 Å². The largest absolute Gasteiger partial charge is 0.497 e. The van der Waals surface area contributed by atoms with Gasteiger partial charge in [-0.3, -0.25) is 9.78 Å². The van der Waals surface area contributed by atoms with E-state index in [-0.39, 0.29) is 12.5 Å². The van der Waals surface area contributed by atoms with E-state index in [9.17, 15) is 4.79 Å². The fourth-order valence-electron chi connectivity index (χ4n) is 2.16. The number of methoxy groups -OCH3 is 2. The molecule has 0 unspecified atom stereocenters. The van der Waals surface area contributed by atoms with Crippen molar-refractivity contribution in [1.82, 2.24) is 25.2 Å². The molecule has 9 heteroatoms. The number of pyridine rings is 1. The summed E-state index contributed by atoms with van der Waals surface area (Å²) in [5.41, 5.74) is 1.28. The lowest BCUT2D eigenvalue weighted by atomic mass is 10.2. The normalized spacial score (nSPS) is 10.3. The molecule has 1 N–H and O–H groups in total. The number of carbonyl (C=O) groups is 1. The molecule has 0 spiro atoms. The highest BCUT2D eigenvalue weighted by atomic mass is 16.5. The van der Waals surface area contributed by atoms with Crippen molar-refractivity contribution in [1.29, 1.82) is 0 Å². The predicted octanol–water partition coefficient (Wildman–Crippen LogP) is 1.39. The number of ether oxygens (including phenoxy) is 2. The van der Waals surface area contributed by atoms with Gasteiger partial charge in [0.15, 0.2) is 0 Å². The average Bonchev–Trinajstić information content (AvgIpc) is 3.10. The van der Waals surface area contributed by atoms with Gasteiger partial charge in [0.05, 0.1) is 19.9 Å². The van der Waals surface area contributed by atoms with Crippen molar-refractivity contribution >= 4 is 11.6 Å². The number of nitrogens with one attached hydrogen (secondary N) is 1. The van der Waals surface area contributed by atoms with E-state index in [2.05, 4.69) is 25.7 Å². The van der Waals surface area contributed by atoms with Crippen LogP contribution in [0.1, 0.15) is 0 Å². The van der Waals surface area contributed by atoms with Gasteiger partial charge in [0.2, 0.25) is 11.7 Å². The lowest BCUT2D eigenvalue weighted by Gasteiger charge is -2.11. The number of hydrogen-bond donors (Lipinski definition) is 1. The van der Waals surface area contributed by atoms with Crippen molar-refractivity contribution < 1.29 is 14.3 Å². The van der Waals surface area contributed by atoms with Crippen molar-refractivity contribution in [3.05, 3.63) is 42.7 Å². The van der Waals surface area contributed by atoms with E-state index in [1.54, 1.807) is 49.8 Å². The molecule has 1 amide bonds. The molecule has 2 heterocycles. The number of carbonyl (C=O) groups excluding carboxylic acids is 1. The topological polar surface area (TPSA) is 104 Å². The smallest absolute Gasteiger partial charge is 0.248 e. The summed E-state index contributed by atoms with van der Waals surface area (Å²) in [5.74, 6) is 1.24. The molecule has 0 fully saturated rings. The first-order chi connectivity index (χ1) is 12.2. The summed E-state index contributed by atoms with van der Waals surface area (Å²) >= 11 is 0. The molecule has 128 valence electrons. The van der Waals surface area contributed by atoms with Crippen molar-refractivity contribution in [2.45, 2.75) is 6.54 Å². The quantitative estimate of drug-likeness (QED) is 0.723. The number of rotatable bonds is 6. The van der Waals surface area contributed by atoms with E-state index in [0.717, 1.165) is 5.56 Å². The number of tetrazole rings is 1. The van der Waals surface area contributed by atoms with Gasteiger partial charge in [-0.15, -0.1) is 10.2 Å². The van der Waals surface area contributed by atoms with Gasteiger partial charge in [0, 0.05) is 24.0 Å². The molecular formula is C16H16N6O3. The summed E-state index contributed by atoms with van der Waals surface area (Å²) in [4.78, 5) is 17.4. The Hall–Kier alpha value is -3.49. The first-order valence-electron chi connectivity index (χ1n) is 7.39. The molecular weight excluding hydrogens is 324 g/mol. The third-order valence-corrected chi connectivity index (χ3v) is 3.36. The molecule has 0 saturated carbocycles. The lowest BCUT2D eigenvalue weighted by molar-refractivity contribution is -0.117. The van der Waals surface area contributed by atoms with Crippen LogP contribution in [-0.2, 0) is 11.3 Å². The summed E-state index contributed by atoms with van der Waals surface area (Å²) in [6.07, 6.45) is 3.27. The second-order valence-electron chi connectivity index (χ2n) is 4.99. The molecule has 3 rings (SSSR count). The third kappa shape index (κ3) is 3.89. The van der Waals surface area contributed by atoms with Gasteiger partial charge in [0.1, 0.15) is 18.0 Å². The first kappa shape index (κ1) is 16.4. The van der Waals surface area contributed by atoms with E-state index >= 15 is 0 Å². The van der Waals surface area contributed by atoms with Gasteiger partial charge >= 0.3 is 0 Å². The standard InChI is InChI=1S/C16H16N6O3/c1-24-12-3-4-14(25-2)13(9-12)18-15(23)10-22-20-16(19-21-22)11-5-7-17-8-6-11/h3-9H,10H2,1-2H3,(H,18,23). The van der Waals surface area contributed by atoms with Crippen LogP contribution >= 0.6 is 0 Å². The molecule has 2 aromatic heterocycles. The molecule has 0 bridgehead atoms. The van der Waals surface area contributed by atoms with E-state index in [1.165, 1.54) is 11.9 Å². The molecule has 0 saturated heterocycles. The van der Waals surface area contributed by atoms with Crippen LogP contribution in [0.15, 0.2) is 42.7 Å². The molecule has 9 nitrogen and oxygen atoms in total. The number of nitrogens with zero attached hydrogens (tertiary/aromatic N) is 5. The Morgan fingerprint density at radius 2 is 1.96 bits per heavy atom. The third-order valence-electron chi connectivity index (χ3n) is 3.36. The van der Waals surface area contributed by atoms with E-state index in [4.69, 9.17) is 9.47 Å². The molecule has 0 aliphatic carbocycles. The molecule has 25 heavy (non-hydrogen) atoms. The van der Waals surface area contributed by atoms with Gasteiger partial charge in [-0.05, 0) is 29.5 Å². The minimum Gasteiger partial charge on any atom is -0.497 e. The van der Waals surface area contributed by atoms with Crippen LogP contribution in [0.2, 0.25) is 0 Å². The molecule has 1 aromatic carbocycles. The zero-order valence-electron chi connectivity index (χ0n) is 13.7. The van der Waals surface area contributed by atoms with Gasteiger partial charge in [0.25, 0.3) is 0 Å². The Kier molecular flexibility index (Phi) is 4.84. The SMILES string of the molecule is COc1ccc(OC)c(NC(=O)Cn2nnc(-c3ccncc3)n2)c1. The van der Waals surface area contributed by atoms with Crippen molar-refractivity contribution in [3.8, 4) is 22.9 Å². The summed E-state index contributed by atoms with van der Waals surface area (Å²) in [5, 5.41) is 14.8. The summed E-state index contributed by atoms with van der Waals surface area (Å²) in [7, 11) is 3.07. The second kappa shape index (κ2) is 7.39. The number of amides is 1. The van der Waals surface area contributed by atoms with E-state index < -0.39 is 0 Å².